The number of rotatable bonds is 2. The van der Waals surface area contributed by atoms with E-state index in [9.17, 15) is 9.59 Å². The standard InChI is InChI=1S/C17H15N5O2/c23-15-14(13-5-1-2-8-19-13)20-17(21-15)6-9-22(11-17)16(24)12-4-3-7-18-10-12/h1-5,7-8,10H,6,9,11H2,(H,21,23). The van der Waals surface area contributed by atoms with Gasteiger partial charge in [0, 0.05) is 31.6 Å². The fourth-order valence-electron chi connectivity index (χ4n) is 3.07. The van der Waals surface area contributed by atoms with Crippen molar-refractivity contribution < 1.29 is 9.59 Å². The molecule has 2 aliphatic heterocycles. The van der Waals surface area contributed by atoms with Crippen LogP contribution in [-0.2, 0) is 4.79 Å². The van der Waals surface area contributed by atoms with E-state index in [1.54, 1.807) is 47.8 Å². The summed E-state index contributed by atoms with van der Waals surface area (Å²) >= 11 is 0. The second-order valence-corrected chi connectivity index (χ2v) is 5.88. The van der Waals surface area contributed by atoms with Crippen LogP contribution in [0.3, 0.4) is 0 Å². The van der Waals surface area contributed by atoms with Crippen molar-refractivity contribution in [3.05, 3.63) is 60.2 Å². The van der Waals surface area contributed by atoms with Gasteiger partial charge in [0.05, 0.1) is 17.8 Å². The molecule has 0 radical (unpaired) electrons. The van der Waals surface area contributed by atoms with Crippen molar-refractivity contribution in [2.45, 2.75) is 12.1 Å². The smallest absolute Gasteiger partial charge is 0.273 e. The van der Waals surface area contributed by atoms with Crippen LogP contribution >= 0.6 is 0 Å². The predicted molar refractivity (Wildman–Crippen MR) is 86.4 cm³/mol. The topological polar surface area (TPSA) is 87.5 Å². The number of pyridine rings is 2. The van der Waals surface area contributed by atoms with Gasteiger partial charge in [-0.2, -0.15) is 0 Å². The fraction of sp³-hybridized carbons (Fsp3) is 0.235. The molecule has 7 nitrogen and oxygen atoms in total. The Hall–Kier alpha value is -3.09. The summed E-state index contributed by atoms with van der Waals surface area (Å²) < 4.78 is 0. The predicted octanol–water partition coefficient (Wildman–Crippen LogP) is 0.638. The average Bonchev–Trinajstić information content (AvgIpc) is 3.19. The Labute approximate surface area is 138 Å². The molecule has 120 valence electrons. The van der Waals surface area contributed by atoms with Gasteiger partial charge in [0.15, 0.2) is 11.4 Å². The Morgan fingerprint density at radius 2 is 2.12 bits per heavy atom. The van der Waals surface area contributed by atoms with E-state index in [1.807, 2.05) is 6.07 Å². The van der Waals surface area contributed by atoms with Gasteiger partial charge in [-0.05, 0) is 24.3 Å². The lowest BCUT2D eigenvalue weighted by Gasteiger charge is -2.21. The highest BCUT2D eigenvalue weighted by Gasteiger charge is 2.46. The number of aromatic nitrogens is 2. The largest absolute Gasteiger partial charge is 0.334 e. The van der Waals surface area contributed by atoms with Crippen LogP contribution in [0.1, 0.15) is 22.5 Å². The number of aliphatic imine (C=N–C) groups is 1. The minimum absolute atomic E-state index is 0.101. The third-order valence-electron chi connectivity index (χ3n) is 4.24. The molecular weight excluding hydrogens is 306 g/mol. The maximum absolute atomic E-state index is 12.5. The summed E-state index contributed by atoms with van der Waals surface area (Å²) in [5.41, 5.74) is 0.657. The van der Waals surface area contributed by atoms with E-state index in [1.165, 1.54) is 0 Å². The first-order valence-corrected chi connectivity index (χ1v) is 7.70. The van der Waals surface area contributed by atoms with Gasteiger partial charge >= 0.3 is 0 Å². The molecule has 24 heavy (non-hydrogen) atoms. The van der Waals surface area contributed by atoms with Crippen LogP contribution < -0.4 is 5.32 Å². The molecule has 1 unspecified atom stereocenters. The molecule has 2 aliphatic rings. The highest BCUT2D eigenvalue weighted by atomic mass is 16.2. The third kappa shape index (κ3) is 2.44. The van der Waals surface area contributed by atoms with Crippen molar-refractivity contribution in [3.8, 4) is 0 Å². The van der Waals surface area contributed by atoms with Crippen LogP contribution in [0.15, 0.2) is 53.9 Å². The van der Waals surface area contributed by atoms with Gasteiger partial charge in [0.2, 0.25) is 0 Å². The summed E-state index contributed by atoms with van der Waals surface area (Å²) in [6.07, 6.45) is 5.39. The number of carbonyl (C=O) groups excluding carboxylic acids is 2. The maximum Gasteiger partial charge on any atom is 0.273 e. The number of carbonyl (C=O) groups is 2. The first kappa shape index (κ1) is 14.5. The number of hydrogen-bond acceptors (Lipinski definition) is 5. The zero-order valence-corrected chi connectivity index (χ0v) is 12.8. The zero-order valence-electron chi connectivity index (χ0n) is 12.8. The second-order valence-electron chi connectivity index (χ2n) is 5.88. The quantitative estimate of drug-likeness (QED) is 0.879. The van der Waals surface area contributed by atoms with E-state index >= 15 is 0 Å². The summed E-state index contributed by atoms with van der Waals surface area (Å²) in [6, 6.07) is 8.82. The molecule has 2 amide bonds. The van der Waals surface area contributed by atoms with Crippen molar-refractivity contribution in [1.82, 2.24) is 20.2 Å². The van der Waals surface area contributed by atoms with Crippen molar-refractivity contribution >= 4 is 17.5 Å². The molecule has 1 spiro atoms. The summed E-state index contributed by atoms with van der Waals surface area (Å²) in [4.78, 5) is 39.3. The molecule has 1 N–H and O–H groups in total. The zero-order chi connectivity index (χ0) is 16.6. The lowest BCUT2D eigenvalue weighted by molar-refractivity contribution is -0.115. The summed E-state index contributed by atoms with van der Waals surface area (Å²) in [7, 11) is 0. The van der Waals surface area contributed by atoms with E-state index in [0.29, 0.717) is 36.5 Å². The van der Waals surface area contributed by atoms with Gasteiger partial charge in [-0.25, -0.2) is 4.99 Å². The lowest BCUT2D eigenvalue weighted by Crippen LogP contribution is -2.45. The molecule has 0 saturated carbocycles. The minimum Gasteiger partial charge on any atom is -0.334 e. The molecule has 7 heteroatoms. The van der Waals surface area contributed by atoms with Crippen LogP contribution in [-0.4, -0.2) is 51.1 Å². The fourth-order valence-corrected chi connectivity index (χ4v) is 3.07. The van der Waals surface area contributed by atoms with E-state index in [2.05, 4.69) is 20.3 Å². The average molecular weight is 321 g/mol. The minimum atomic E-state index is -0.748. The Bertz CT molecular complexity index is 821. The monoisotopic (exact) mass is 321 g/mol. The van der Waals surface area contributed by atoms with Gasteiger partial charge in [0.1, 0.15) is 0 Å². The normalized spacial score (nSPS) is 22.6. The van der Waals surface area contributed by atoms with Gasteiger partial charge in [-0.1, -0.05) is 6.07 Å². The first-order valence-electron chi connectivity index (χ1n) is 7.70. The Kier molecular flexibility index (Phi) is 3.34. The lowest BCUT2D eigenvalue weighted by atomic mass is 10.1. The van der Waals surface area contributed by atoms with E-state index < -0.39 is 5.66 Å². The third-order valence-corrected chi connectivity index (χ3v) is 4.24. The molecule has 4 heterocycles. The molecular formula is C17H15N5O2. The van der Waals surface area contributed by atoms with Gasteiger partial charge in [-0.15, -0.1) is 0 Å². The molecule has 1 fully saturated rings. The molecule has 0 aliphatic carbocycles. The summed E-state index contributed by atoms with van der Waals surface area (Å²) in [5, 5.41) is 2.92. The van der Waals surface area contributed by atoms with Crippen molar-refractivity contribution in [2.24, 2.45) is 4.99 Å². The van der Waals surface area contributed by atoms with E-state index in [-0.39, 0.29) is 11.8 Å². The van der Waals surface area contributed by atoms with Gasteiger partial charge in [-0.3, -0.25) is 19.6 Å². The number of amides is 2. The van der Waals surface area contributed by atoms with Crippen LogP contribution in [0.4, 0.5) is 0 Å². The SMILES string of the molecule is O=C1NC2(CCN(C(=O)c3cccnc3)C2)N=C1c1ccccn1. The molecule has 2 aromatic heterocycles. The van der Waals surface area contributed by atoms with E-state index in [0.717, 1.165) is 0 Å². The second kappa shape index (κ2) is 5.52. The Balaban J connectivity index is 1.57. The molecule has 4 rings (SSSR count). The van der Waals surface area contributed by atoms with Gasteiger partial charge in [0.25, 0.3) is 11.8 Å². The highest BCUT2D eigenvalue weighted by molar-refractivity contribution is 6.46. The number of nitrogens with one attached hydrogen (secondary N) is 1. The Morgan fingerprint density at radius 3 is 2.88 bits per heavy atom. The van der Waals surface area contributed by atoms with Crippen LogP contribution in [0.25, 0.3) is 0 Å². The molecule has 1 saturated heterocycles. The van der Waals surface area contributed by atoms with Crippen LogP contribution in [0.2, 0.25) is 0 Å². The van der Waals surface area contributed by atoms with Crippen LogP contribution in [0, 0.1) is 0 Å². The van der Waals surface area contributed by atoms with Crippen molar-refractivity contribution in [3.63, 3.8) is 0 Å². The molecule has 0 bridgehead atoms. The first-order chi connectivity index (χ1) is 11.7. The number of nitrogens with zero attached hydrogens (tertiary/aromatic N) is 4. The number of hydrogen-bond donors (Lipinski definition) is 1. The Morgan fingerprint density at radius 1 is 1.21 bits per heavy atom. The summed E-state index contributed by atoms with van der Waals surface area (Å²) in [6.45, 7) is 0.885. The van der Waals surface area contributed by atoms with Crippen molar-refractivity contribution in [1.29, 1.82) is 0 Å². The summed E-state index contributed by atoms with van der Waals surface area (Å²) in [5.74, 6) is -0.347. The highest BCUT2D eigenvalue weighted by Crippen LogP contribution is 2.28. The van der Waals surface area contributed by atoms with E-state index in [4.69, 9.17) is 0 Å². The van der Waals surface area contributed by atoms with Crippen molar-refractivity contribution in [2.75, 3.05) is 13.1 Å². The molecule has 1 atom stereocenters. The maximum atomic E-state index is 12.5. The molecule has 2 aromatic rings. The van der Waals surface area contributed by atoms with Crippen LogP contribution in [0.5, 0.6) is 0 Å². The number of likely N-dealkylation sites (tertiary alicyclic amines) is 1. The molecule has 0 aromatic carbocycles. The van der Waals surface area contributed by atoms with Gasteiger partial charge < -0.3 is 10.2 Å².